The van der Waals surface area contributed by atoms with Crippen molar-refractivity contribution in [3.8, 4) is 0 Å². The molecular weight excluding hydrogens is 470 g/mol. The Morgan fingerprint density at radius 2 is 1.61 bits per heavy atom. The van der Waals surface area contributed by atoms with E-state index in [1.165, 1.54) is 11.8 Å². The zero-order chi connectivity index (χ0) is 24.5. The van der Waals surface area contributed by atoms with Crippen LogP contribution in [0.15, 0.2) is 78.0 Å². The normalized spacial score (nSPS) is 14.0. The van der Waals surface area contributed by atoms with E-state index in [0.29, 0.717) is 16.4 Å². The number of para-hydroxylation sites is 4. The second-order valence-corrected chi connectivity index (χ2v) is 9.95. The maximum Gasteiger partial charge on any atom is 0.253 e. The van der Waals surface area contributed by atoms with Crippen molar-refractivity contribution in [3.05, 3.63) is 78.4 Å². The number of amides is 2. The Bertz CT molecular complexity index is 1610. The first-order valence-corrected chi connectivity index (χ1v) is 13.1. The highest BCUT2D eigenvalue weighted by atomic mass is 32.2. The van der Waals surface area contributed by atoms with Crippen molar-refractivity contribution in [1.29, 1.82) is 0 Å². The first-order chi connectivity index (χ1) is 17.7. The number of benzene rings is 3. The van der Waals surface area contributed by atoms with E-state index in [9.17, 15) is 9.59 Å². The Balaban J connectivity index is 1.25. The highest BCUT2D eigenvalue weighted by molar-refractivity contribution is 7.99. The lowest BCUT2D eigenvalue weighted by atomic mass is 10.1. The van der Waals surface area contributed by atoms with Gasteiger partial charge in [0.1, 0.15) is 5.65 Å². The molecule has 3 aromatic carbocycles. The number of nitrogens with one attached hydrogen (secondary N) is 2. The fourth-order valence-corrected chi connectivity index (χ4v) is 5.66. The topological polar surface area (TPSA) is 88.4 Å². The van der Waals surface area contributed by atoms with Gasteiger partial charge in [-0.05, 0) is 49.2 Å². The molecule has 0 spiro atoms. The molecule has 5 aromatic rings. The number of thioether (sulfide) groups is 1. The molecule has 8 heteroatoms. The number of carbonyl (C=O) groups excluding carboxylic acids is 2. The van der Waals surface area contributed by atoms with E-state index in [0.717, 1.165) is 53.3 Å². The molecule has 0 unspecified atom stereocenters. The average Bonchev–Trinajstić information content (AvgIpc) is 3.55. The summed E-state index contributed by atoms with van der Waals surface area (Å²) in [7, 11) is 0. The fraction of sp³-hybridized carbons (Fsp3) is 0.214. The zero-order valence-corrected chi connectivity index (χ0v) is 20.4. The lowest BCUT2D eigenvalue weighted by molar-refractivity contribution is -0.113. The lowest BCUT2D eigenvalue weighted by Crippen LogP contribution is -2.33. The molecule has 1 fully saturated rings. The second-order valence-electron chi connectivity index (χ2n) is 9.01. The Morgan fingerprint density at radius 3 is 2.47 bits per heavy atom. The van der Waals surface area contributed by atoms with Gasteiger partial charge in [-0.2, -0.15) is 0 Å². The molecular formula is C28H25N5O2S. The first-order valence-electron chi connectivity index (χ1n) is 12.2. The molecule has 1 aliphatic carbocycles. The molecule has 0 aliphatic heterocycles. The summed E-state index contributed by atoms with van der Waals surface area (Å²) < 4.78 is 2.01. The summed E-state index contributed by atoms with van der Waals surface area (Å²) in [5.41, 5.74) is 4.47. The summed E-state index contributed by atoms with van der Waals surface area (Å²) in [5, 5.41) is 7.69. The maximum atomic E-state index is 13.0. The van der Waals surface area contributed by atoms with Crippen molar-refractivity contribution < 1.29 is 9.59 Å². The number of fused-ring (bicyclic) bond motifs is 5. The Kier molecular flexibility index (Phi) is 6.03. The van der Waals surface area contributed by atoms with Gasteiger partial charge in [0.2, 0.25) is 5.91 Å². The van der Waals surface area contributed by atoms with Gasteiger partial charge >= 0.3 is 0 Å². The third kappa shape index (κ3) is 4.28. The minimum atomic E-state index is -0.200. The summed E-state index contributed by atoms with van der Waals surface area (Å²) in [4.78, 5) is 35.5. The molecule has 1 saturated carbocycles. The molecule has 2 N–H and O–H groups in total. The quantitative estimate of drug-likeness (QED) is 0.242. The molecule has 180 valence electrons. The van der Waals surface area contributed by atoms with Gasteiger partial charge < -0.3 is 10.6 Å². The molecule has 2 heterocycles. The lowest BCUT2D eigenvalue weighted by Gasteiger charge is -2.15. The highest BCUT2D eigenvalue weighted by Gasteiger charge is 2.21. The molecule has 0 saturated heterocycles. The molecule has 6 rings (SSSR count). The molecule has 0 bridgehead atoms. The van der Waals surface area contributed by atoms with Crippen LogP contribution < -0.4 is 10.6 Å². The second kappa shape index (κ2) is 9.62. The van der Waals surface area contributed by atoms with Crippen LogP contribution in [0, 0.1) is 0 Å². The van der Waals surface area contributed by atoms with Crippen LogP contribution in [0.3, 0.4) is 0 Å². The summed E-state index contributed by atoms with van der Waals surface area (Å²) in [5.74, 6) is -0.201. The van der Waals surface area contributed by atoms with Crippen LogP contribution in [0.1, 0.15) is 36.0 Å². The molecule has 36 heavy (non-hydrogen) atoms. The smallest absolute Gasteiger partial charge is 0.253 e. The molecule has 2 amide bonds. The number of nitrogens with zero attached hydrogens (tertiary/aromatic N) is 3. The van der Waals surface area contributed by atoms with E-state index in [1.807, 2.05) is 65.1 Å². The van der Waals surface area contributed by atoms with Gasteiger partial charge in [-0.3, -0.25) is 14.0 Å². The van der Waals surface area contributed by atoms with Crippen molar-refractivity contribution in [2.75, 3.05) is 11.1 Å². The Morgan fingerprint density at radius 1 is 0.889 bits per heavy atom. The summed E-state index contributed by atoms with van der Waals surface area (Å²) in [6.07, 6.45) is 4.30. The minimum Gasteiger partial charge on any atom is -0.349 e. The van der Waals surface area contributed by atoms with Gasteiger partial charge in [-0.1, -0.05) is 61.0 Å². The van der Waals surface area contributed by atoms with Crippen molar-refractivity contribution in [2.24, 2.45) is 0 Å². The number of hydrogen-bond donors (Lipinski definition) is 2. The summed E-state index contributed by atoms with van der Waals surface area (Å²) >= 11 is 1.35. The number of aromatic nitrogens is 3. The van der Waals surface area contributed by atoms with Crippen LogP contribution in [0.4, 0.5) is 5.69 Å². The fourth-order valence-electron chi connectivity index (χ4n) is 4.85. The number of rotatable bonds is 6. The van der Waals surface area contributed by atoms with Crippen molar-refractivity contribution in [2.45, 2.75) is 36.9 Å². The minimum absolute atomic E-state index is 0.144. The number of hydrogen-bond acceptors (Lipinski definition) is 5. The van der Waals surface area contributed by atoms with E-state index in [-0.39, 0.29) is 23.6 Å². The SMILES string of the molecule is O=C(CSc1nc2ccccc2c2nc3ccccc3n12)Nc1ccccc1C(=O)NC1CCCC1. The monoisotopic (exact) mass is 495 g/mol. The van der Waals surface area contributed by atoms with Gasteiger partial charge in [-0.25, -0.2) is 9.97 Å². The number of carbonyl (C=O) groups is 2. The standard InChI is InChI=1S/C28H25N5O2S/c34-25(30-22-14-6-4-12-20(22)27(35)29-18-9-1-2-10-18)17-36-28-32-21-13-5-3-11-19(21)26-31-23-15-7-8-16-24(23)33(26)28/h3-8,11-16,18H,1-2,9-10,17H2,(H,29,35)(H,30,34). The summed E-state index contributed by atoms with van der Waals surface area (Å²) in [6, 6.07) is 23.2. The van der Waals surface area contributed by atoms with Gasteiger partial charge in [0, 0.05) is 11.4 Å². The van der Waals surface area contributed by atoms with Gasteiger partial charge in [0.05, 0.1) is 33.6 Å². The van der Waals surface area contributed by atoms with Crippen LogP contribution >= 0.6 is 11.8 Å². The third-order valence-electron chi connectivity index (χ3n) is 6.58. The van der Waals surface area contributed by atoms with E-state index in [1.54, 1.807) is 12.1 Å². The van der Waals surface area contributed by atoms with E-state index >= 15 is 0 Å². The van der Waals surface area contributed by atoms with Gasteiger partial charge in [0.15, 0.2) is 5.16 Å². The number of imidazole rings is 1. The molecule has 0 atom stereocenters. The zero-order valence-electron chi connectivity index (χ0n) is 19.6. The Hall–Kier alpha value is -3.91. The molecule has 0 radical (unpaired) electrons. The van der Waals surface area contributed by atoms with Gasteiger partial charge in [0.25, 0.3) is 5.91 Å². The van der Waals surface area contributed by atoms with Crippen LogP contribution in [0.2, 0.25) is 0 Å². The predicted octanol–water partition coefficient (Wildman–Crippen LogP) is 5.44. The van der Waals surface area contributed by atoms with E-state index in [4.69, 9.17) is 9.97 Å². The van der Waals surface area contributed by atoms with Crippen molar-refractivity contribution >= 4 is 56.8 Å². The summed E-state index contributed by atoms with van der Waals surface area (Å²) in [6.45, 7) is 0. The van der Waals surface area contributed by atoms with Crippen LogP contribution in [0.25, 0.3) is 27.6 Å². The first kappa shape index (κ1) is 22.5. The third-order valence-corrected chi connectivity index (χ3v) is 7.52. The highest BCUT2D eigenvalue weighted by Crippen LogP contribution is 2.29. The molecule has 1 aliphatic rings. The van der Waals surface area contributed by atoms with Crippen LogP contribution in [-0.4, -0.2) is 38.0 Å². The van der Waals surface area contributed by atoms with E-state index < -0.39 is 0 Å². The van der Waals surface area contributed by atoms with Gasteiger partial charge in [-0.15, -0.1) is 0 Å². The maximum absolute atomic E-state index is 13.0. The Labute approximate surface area is 212 Å². The van der Waals surface area contributed by atoms with Crippen molar-refractivity contribution in [1.82, 2.24) is 19.7 Å². The van der Waals surface area contributed by atoms with E-state index in [2.05, 4.69) is 10.6 Å². The predicted molar refractivity (Wildman–Crippen MR) is 144 cm³/mol. The largest absolute Gasteiger partial charge is 0.349 e. The average molecular weight is 496 g/mol. The van der Waals surface area contributed by atoms with Crippen molar-refractivity contribution in [3.63, 3.8) is 0 Å². The van der Waals surface area contributed by atoms with Crippen LogP contribution in [-0.2, 0) is 4.79 Å². The molecule has 2 aromatic heterocycles. The molecule has 7 nitrogen and oxygen atoms in total. The van der Waals surface area contributed by atoms with Crippen LogP contribution in [0.5, 0.6) is 0 Å². The number of anilines is 1.